The summed E-state index contributed by atoms with van der Waals surface area (Å²) in [5.74, 6) is -0.395. The third-order valence-corrected chi connectivity index (χ3v) is 2.97. The molecule has 0 radical (unpaired) electrons. The minimum absolute atomic E-state index is 0.346. The second-order valence-corrected chi connectivity index (χ2v) is 4.41. The average molecular weight is 288 g/mol. The van der Waals surface area contributed by atoms with Crippen molar-refractivity contribution in [2.45, 2.75) is 6.92 Å². The van der Waals surface area contributed by atoms with Crippen LogP contribution in [0.5, 0.6) is 0 Å². The first-order valence-corrected chi connectivity index (χ1v) is 6.64. The zero-order valence-electron chi connectivity index (χ0n) is 11.0. The number of carbonyl (C=O) groups excluding carboxylic acids is 1. The molecule has 3 nitrogen and oxygen atoms in total. The molecule has 0 amide bonds. The van der Waals surface area contributed by atoms with Crippen molar-refractivity contribution in [1.82, 2.24) is 4.98 Å². The van der Waals surface area contributed by atoms with Gasteiger partial charge in [-0.15, -0.1) is 0 Å². The maximum absolute atomic E-state index is 11.3. The first kappa shape index (κ1) is 14.3. The molecule has 0 saturated heterocycles. The lowest BCUT2D eigenvalue weighted by Gasteiger charge is -2.04. The summed E-state index contributed by atoms with van der Waals surface area (Å²) >= 11 is 6.03. The predicted molar refractivity (Wildman–Crippen MR) is 80.4 cm³/mol. The Labute approximate surface area is 122 Å². The zero-order chi connectivity index (χ0) is 14.4. The molecule has 1 heterocycles. The molecule has 1 aromatic heterocycles. The minimum atomic E-state index is -0.395. The van der Waals surface area contributed by atoms with Crippen molar-refractivity contribution in [3.05, 3.63) is 59.4 Å². The summed E-state index contributed by atoms with van der Waals surface area (Å²) in [4.78, 5) is 15.5. The van der Waals surface area contributed by atoms with Crippen molar-refractivity contribution >= 4 is 23.6 Å². The highest BCUT2D eigenvalue weighted by atomic mass is 35.5. The van der Waals surface area contributed by atoms with Gasteiger partial charge in [-0.3, -0.25) is 0 Å². The van der Waals surface area contributed by atoms with Gasteiger partial charge in [0.25, 0.3) is 0 Å². The van der Waals surface area contributed by atoms with E-state index >= 15 is 0 Å². The van der Waals surface area contributed by atoms with Gasteiger partial charge in [-0.1, -0.05) is 41.9 Å². The maximum Gasteiger partial charge on any atom is 0.330 e. The Morgan fingerprint density at radius 3 is 2.75 bits per heavy atom. The van der Waals surface area contributed by atoms with E-state index < -0.39 is 5.97 Å². The van der Waals surface area contributed by atoms with Crippen LogP contribution in [0.15, 0.2) is 48.7 Å². The lowest BCUT2D eigenvalue weighted by molar-refractivity contribution is -0.137. The number of halogens is 1. The summed E-state index contributed by atoms with van der Waals surface area (Å²) in [7, 11) is 0. The van der Waals surface area contributed by atoms with Crippen molar-refractivity contribution in [3.63, 3.8) is 0 Å². The first-order chi connectivity index (χ1) is 9.70. The number of hydrogen-bond donors (Lipinski definition) is 0. The molecule has 2 aromatic rings. The molecule has 0 atom stereocenters. The van der Waals surface area contributed by atoms with Gasteiger partial charge in [0, 0.05) is 23.4 Å². The van der Waals surface area contributed by atoms with E-state index in [9.17, 15) is 4.79 Å². The molecular weight excluding hydrogens is 274 g/mol. The van der Waals surface area contributed by atoms with Gasteiger partial charge in [-0.2, -0.15) is 0 Å². The summed E-state index contributed by atoms with van der Waals surface area (Å²) in [6.45, 7) is 2.11. The van der Waals surface area contributed by atoms with Crippen LogP contribution in [0.4, 0.5) is 0 Å². The maximum atomic E-state index is 11.3. The summed E-state index contributed by atoms with van der Waals surface area (Å²) in [5, 5.41) is 0.352. The number of nitrogens with zero attached hydrogens (tertiary/aromatic N) is 1. The van der Waals surface area contributed by atoms with Crippen LogP contribution < -0.4 is 0 Å². The Morgan fingerprint density at radius 2 is 2.05 bits per heavy atom. The van der Waals surface area contributed by atoms with Crippen LogP contribution in [0.25, 0.3) is 17.2 Å². The number of hydrogen-bond acceptors (Lipinski definition) is 3. The van der Waals surface area contributed by atoms with E-state index in [0.717, 1.165) is 11.1 Å². The fourth-order valence-corrected chi connectivity index (χ4v) is 1.88. The lowest BCUT2D eigenvalue weighted by atomic mass is 10.1. The van der Waals surface area contributed by atoms with E-state index in [2.05, 4.69) is 4.98 Å². The van der Waals surface area contributed by atoms with Crippen molar-refractivity contribution < 1.29 is 9.53 Å². The van der Waals surface area contributed by atoms with E-state index in [4.69, 9.17) is 16.3 Å². The molecule has 0 fully saturated rings. The Morgan fingerprint density at radius 1 is 1.30 bits per heavy atom. The molecule has 0 spiro atoms. The van der Waals surface area contributed by atoms with Gasteiger partial charge >= 0.3 is 5.97 Å². The molecule has 0 bridgehead atoms. The van der Waals surface area contributed by atoms with E-state index in [-0.39, 0.29) is 0 Å². The van der Waals surface area contributed by atoms with Crippen molar-refractivity contribution in [2.24, 2.45) is 0 Å². The summed E-state index contributed by atoms with van der Waals surface area (Å²) in [5.41, 5.74) is 2.67. The third-order valence-electron chi connectivity index (χ3n) is 2.66. The Bertz CT molecular complexity index is 624. The minimum Gasteiger partial charge on any atom is -0.463 e. The van der Waals surface area contributed by atoms with Gasteiger partial charge in [0.05, 0.1) is 6.61 Å². The third kappa shape index (κ3) is 3.68. The van der Waals surface area contributed by atoms with E-state index in [1.54, 1.807) is 19.2 Å². The fourth-order valence-electron chi connectivity index (χ4n) is 1.72. The number of esters is 1. The van der Waals surface area contributed by atoms with Gasteiger partial charge < -0.3 is 4.74 Å². The number of pyridine rings is 1. The second kappa shape index (κ2) is 6.87. The number of rotatable bonds is 4. The molecule has 102 valence electrons. The second-order valence-electron chi connectivity index (χ2n) is 4.06. The van der Waals surface area contributed by atoms with E-state index in [1.807, 2.05) is 36.4 Å². The molecule has 0 N–H and O–H groups in total. The highest BCUT2D eigenvalue weighted by molar-refractivity contribution is 6.31. The fraction of sp³-hybridized carbons (Fsp3) is 0.125. The lowest BCUT2D eigenvalue weighted by Crippen LogP contribution is -1.98. The normalized spacial score (nSPS) is 10.7. The van der Waals surface area contributed by atoms with Gasteiger partial charge in [0.2, 0.25) is 0 Å². The first-order valence-electron chi connectivity index (χ1n) is 6.26. The van der Waals surface area contributed by atoms with Gasteiger partial charge in [0.15, 0.2) is 0 Å². The molecule has 1 aromatic carbocycles. The quantitative estimate of drug-likeness (QED) is 0.485. The van der Waals surface area contributed by atoms with Crippen LogP contribution in [-0.2, 0) is 9.53 Å². The largest absolute Gasteiger partial charge is 0.463 e. The summed E-state index contributed by atoms with van der Waals surface area (Å²) in [6, 6.07) is 11.7. The summed E-state index contributed by atoms with van der Waals surface area (Å²) in [6.07, 6.45) is 4.67. The zero-order valence-corrected chi connectivity index (χ0v) is 11.8. The Hall–Kier alpha value is -2.13. The smallest absolute Gasteiger partial charge is 0.330 e. The average Bonchev–Trinajstić information content (AvgIpc) is 2.47. The van der Waals surface area contributed by atoms with Gasteiger partial charge in [-0.05, 0) is 24.6 Å². The van der Waals surface area contributed by atoms with E-state index in [0.29, 0.717) is 17.3 Å². The molecule has 0 aliphatic heterocycles. The van der Waals surface area contributed by atoms with E-state index in [1.165, 1.54) is 6.08 Å². The van der Waals surface area contributed by atoms with Gasteiger partial charge in [-0.25, -0.2) is 9.78 Å². The van der Waals surface area contributed by atoms with Crippen LogP contribution in [0.3, 0.4) is 0 Å². The van der Waals surface area contributed by atoms with Crippen LogP contribution in [0.1, 0.15) is 12.5 Å². The van der Waals surface area contributed by atoms with Crippen molar-refractivity contribution in [1.29, 1.82) is 0 Å². The molecule has 0 aliphatic rings. The SMILES string of the molecule is CCOC(=O)/C=C/c1cc(-c2ccccc2)cnc1Cl. The highest BCUT2D eigenvalue weighted by Crippen LogP contribution is 2.23. The van der Waals surface area contributed by atoms with Crippen LogP contribution in [0, 0.1) is 0 Å². The highest BCUT2D eigenvalue weighted by Gasteiger charge is 2.04. The van der Waals surface area contributed by atoms with Crippen LogP contribution in [-0.4, -0.2) is 17.6 Å². The standard InChI is InChI=1S/C16H14ClNO2/c1-2-20-15(19)9-8-13-10-14(11-18-16(13)17)12-6-4-3-5-7-12/h3-11H,2H2,1H3/b9-8+. The topological polar surface area (TPSA) is 39.2 Å². The Kier molecular flexibility index (Phi) is 4.91. The van der Waals surface area contributed by atoms with Crippen molar-refractivity contribution in [2.75, 3.05) is 6.61 Å². The number of benzene rings is 1. The molecule has 20 heavy (non-hydrogen) atoms. The monoisotopic (exact) mass is 287 g/mol. The molecule has 0 unspecified atom stereocenters. The molecule has 4 heteroatoms. The van der Waals surface area contributed by atoms with Crippen LogP contribution in [0.2, 0.25) is 5.15 Å². The summed E-state index contributed by atoms with van der Waals surface area (Å²) < 4.78 is 4.83. The Balaban J connectivity index is 2.28. The predicted octanol–water partition coefficient (Wildman–Crippen LogP) is 3.98. The number of ether oxygens (including phenoxy) is 1. The van der Waals surface area contributed by atoms with Crippen LogP contribution >= 0.6 is 11.6 Å². The molecule has 0 aliphatic carbocycles. The molecular formula is C16H14ClNO2. The van der Waals surface area contributed by atoms with Crippen molar-refractivity contribution in [3.8, 4) is 11.1 Å². The number of aromatic nitrogens is 1. The van der Waals surface area contributed by atoms with Gasteiger partial charge in [0.1, 0.15) is 5.15 Å². The molecule has 0 saturated carbocycles. The molecule has 2 rings (SSSR count). The number of carbonyl (C=O) groups is 1.